The number of carbonyl (C=O) groups excluding carboxylic acids is 2. The first-order chi connectivity index (χ1) is 16.5. The maximum atomic E-state index is 13.0. The van der Waals surface area contributed by atoms with Crippen LogP contribution in [0.5, 0.6) is 5.75 Å². The van der Waals surface area contributed by atoms with Crippen LogP contribution in [0.1, 0.15) is 18.5 Å². The van der Waals surface area contributed by atoms with Gasteiger partial charge in [0.15, 0.2) is 0 Å². The number of urea groups is 1. The van der Waals surface area contributed by atoms with Crippen molar-refractivity contribution in [2.24, 2.45) is 0 Å². The Hall–Kier alpha value is -3.23. The molecule has 1 atom stereocenters. The summed E-state index contributed by atoms with van der Waals surface area (Å²) in [5, 5.41) is 6.16. The fourth-order valence-electron chi connectivity index (χ4n) is 4.33. The van der Waals surface area contributed by atoms with Gasteiger partial charge in [-0.3, -0.25) is 4.90 Å². The third-order valence-electron chi connectivity index (χ3n) is 6.04. The first-order valence-electron chi connectivity index (χ1n) is 11.3. The van der Waals surface area contributed by atoms with E-state index in [2.05, 4.69) is 26.5 Å². The van der Waals surface area contributed by atoms with Crippen LogP contribution in [0.4, 0.5) is 10.5 Å². The lowest BCUT2D eigenvalue weighted by Gasteiger charge is -2.38. The Balaban J connectivity index is 1.55. The molecule has 0 aromatic heterocycles. The van der Waals surface area contributed by atoms with E-state index in [-0.39, 0.29) is 12.6 Å². The van der Waals surface area contributed by atoms with Gasteiger partial charge in [0.05, 0.1) is 25.3 Å². The topological polar surface area (TPSA) is 83.1 Å². The van der Waals surface area contributed by atoms with Gasteiger partial charge < -0.3 is 25.0 Å². The van der Waals surface area contributed by atoms with Gasteiger partial charge in [0, 0.05) is 55.2 Å². The van der Waals surface area contributed by atoms with E-state index in [9.17, 15) is 9.59 Å². The Morgan fingerprint density at radius 2 is 1.88 bits per heavy atom. The third kappa shape index (κ3) is 5.29. The molecule has 2 aromatic rings. The predicted octanol–water partition coefficient (Wildman–Crippen LogP) is 3.34. The van der Waals surface area contributed by atoms with Crippen molar-refractivity contribution in [2.75, 3.05) is 51.3 Å². The van der Waals surface area contributed by atoms with Crippen LogP contribution in [0.25, 0.3) is 0 Å². The summed E-state index contributed by atoms with van der Waals surface area (Å²) in [7, 11) is 1.66. The van der Waals surface area contributed by atoms with Crippen molar-refractivity contribution in [3.63, 3.8) is 0 Å². The molecule has 180 valence electrons. The highest BCUT2D eigenvalue weighted by Gasteiger charge is 2.35. The number of hydrogen-bond donors (Lipinski definition) is 2. The average Bonchev–Trinajstić information content (AvgIpc) is 2.84. The molecule has 0 aliphatic carbocycles. The van der Waals surface area contributed by atoms with Crippen LogP contribution in [0.2, 0.25) is 5.02 Å². The Labute approximate surface area is 204 Å². The second kappa shape index (κ2) is 10.8. The summed E-state index contributed by atoms with van der Waals surface area (Å²) in [4.78, 5) is 30.1. The predicted molar refractivity (Wildman–Crippen MR) is 131 cm³/mol. The number of nitrogens with one attached hydrogen (secondary N) is 2. The first-order valence-corrected chi connectivity index (χ1v) is 11.7. The number of amides is 2. The fraction of sp³-hybridized carbons (Fsp3) is 0.360. The van der Waals surface area contributed by atoms with Gasteiger partial charge in [-0.05, 0) is 30.7 Å². The lowest BCUT2D eigenvalue weighted by atomic mass is 9.94. The number of nitrogens with zero attached hydrogens (tertiary/aromatic N) is 2. The highest BCUT2D eigenvalue weighted by Crippen LogP contribution is 2.32. The maximum absolute atomic E-state index is 13.0. The fourth-order valence-corrected chi connectivity index (χ4v) is 4.57. The Morgan fingerprint density at radius 3 is 2.59 bits per heavy atom. The normalized spacial score (nSPS) is 18.9. The molecule has 1 fully saturated rings. The highest BCUT2D eigenvalue weighted by molar-refractivity contribution is 6.31. The van der Waals surface area contributed by atoms with Crippen LogP contribution in [0, 0.1) is 0 Å². The zero-order valence-corrected chi connectivity index (χ0v) is 20.1. The van der Waals surface area contributed by atoms with Crippen LogP contribution in [-0.2, 0) is 9.53 Å². The van der Waals surface area contributed by atoms with E-state index in [1.54, 1.807) is 20.1 Å². The Kier molecular flexibility index (Phi) is 7.59. The number of rotatable bonds is 7. The molecule has 0 bridgehead atoms. The molecule has 2 N–H and O–H groups in total. The molecule has 0 saturated carbocycles. The van der Waals surface area contributed by atoms with Crippen molar-refractivity contribution >= 4 is 29.3 Å². The Bertz CT molecular complexity index is 1080. The largest absolute Gasteiger partial charge is 0.497 e. The van der Waals surface area contributed by atoms with E-state index >= 15 is 0 Å². The zero-order valence-electron chi connectivity index (χ0n) is 19.3. The number of ether oxygens (including phenoxy) is 2. The van der Waals surface area contributed by atoms with E-state index in [0.717, 1.165) is 37.6 Å². The van der Waals surface area contributed by atoms with Crippen LogP contribution in [0.15, 0.2) is 59.8 Å². The second-order valence-electron chi connectivity index (χ2n) is 8.13. The minimum Gasteiger partial charge on any atom is -0.497 e. The number of piperazine rings is 1. The van der Waals surface area contributed by atoms with Crippen LogP contribution < -0.4 is 20.3 Å². The molecule has 34 heavy (non-hydrogen) atoms. The summed E-state index contributed by atoms with van der Waals surface area (Å²) in [6, 6.07) is 14.1. The van der Waals surface area contributed by atoms with E-state index in [4.69, 9.17) is 21.1 Å². The number of halogens is 1. The smallest absolute Gasteiger partial charge is 0.338 e. The molecule has 4 rings (SSSR count). The molecule has 2 aromatic carbocycles. The van der Waals surface area contributed by atoms with Crippen molar-refractivity contribution in [1.29, 1.82) is 0 Å². The maximum Gasteiger partial charge on any atom is 0.338 e. The molecule has 2 aliphatic rings. The number of benzene rings is 2. The molecule has 9 heteroatoms. The van der Waals surface area contributed by atoms with E-state index in [1.807, 2.05) is 36.4 Å². The number of anilines is 1. The average molecular weight is 485 g/mol. The molecule has 1 unspecified atom stereocenters. The van der Waals surface area contributed by atoms with E-state index in [0.29, 0.717) is 28.4 Å². The molecular weight excluding hydrogens is 456 g/mol. The third-order valence-corrected chi connectivity index (χ3v) is 6.38. The SMILES string of the molecule is CCOC(=O)C1=C(CN2CCN(c3cccc(OC)c3)CC2)NC(=O)NC1c1ccccc1Cl. The van der Waals surface area contributed by atoms with Crippen LogP contribution in [0.3, 0.4) is 0 Å². The van der Waals surface area contributed by atoms with E-state index in [1.165, 1.54) is 0 Å². The van der Waals surface area contributed by atoms with Crippen molar-refractivity contribution < 1.29 is 19.1 Å². The van der Waals surface area contributed by atoms with Gasteiger partial charge in [-0.15, -0.1) is 0 Å². The number of esters is 1. The van der Waals surface area contributed by atoms with Gasteiger partial charge >= 0.3 is 12.0 Å². The number of methoxy groups -OCH3 is 1. The van der Waals surface area contributed by atoms with Gasteiger partial charge in [0.2, 0.25) is 0 Å². The molecule has 2 heterocycles. The van der Waals surface area contributed by atoms with Crippen molar-refractivity contribution in [3.05, 3.63) is 70.4 Å². The number of carbonyl (C=O) groups is 2. The highest BCUT2D eigenvalue weighted by atomic mass is 35.5. The van der Waals surface area contributed by atoms with Crippen molar-refractivity contribution in [1.82, 2.24) is 15.5 Å². The van der Waals surface area contributed by atoms with Gasteiger partial charge in [-0.2, -0.15) is 0 Å². The summed E-state index contributed by atoms with van der Waals surface area (Å²) in [6.07, 6.45) is 0. The summed E-state index contributed by atoms with van der Waals surface area (Å²) < 4.78 is 10.7. The summed E-state index contributed by atoms with van der Waals surface area (Å²) >= 11 is 6.42. The molecule has 0 radical (unpaired) electrons. The van der Waals surface area contributed by atoms with Crippen LogP contribution in [-0.4, -0.2) is 63.3 Å². The molecule has 0 spiro atoms. The lowest BCUT2D eigenvalue weighted by molar-refractivity contribution is -0.139. The number of hydrogen-bond acceptors (Lipinski definition) is 6. The minimum atomic E-state index is -0.686. The minimum absolute atomic E-state index is 0.234. The lowest BCUT2D eigenvalue weighted by Crippen LogP contribution is -2.51. The monoisotopic (exact) mass is 484 g/mol. The van der Waals surface area contributed by atoms with Gasteiger partial charge in [-0.1, -0.05) is 35.9 Å². The van der Waals surface area contributed by atoms with Gasteiger partial charge in [-0.25, -0.2) is 9.59 Å². The summed E-state index contributed by atoms with van der Waals surface area (Å²) in [5.41, 5.74) is 2.69. The molecule has 2 aliphatic heterocycles. The van der Waals surface area contributed by atoms with Crippen LogP contribution >= 0.6 is 11.6 Å². The zero-order chi connectivity index (χ0) is 24.1. The molecular formula is C25H29ClN4O4. The van der Waals surface area contributed by atoms with Crippen molar-refractivity contribution in [3.8, 4) is 5.75 Å². The Morgan fingerprint density at radius 1 is 1.12 bits per heavy atom. The molecule has 8 nitrogen and oxygen atoms in total. The summed E-state index contributed by atoms with van der Waals surface area (Å²) in [6.45, 7) is 5.60. The van der Waals surface area contributed by atoms with E-state index < -0.39 is 12.0 Å². The summed E-state index contributed by atoms with van der Waals surface area (Å²) in [5.74, 6) is 0.358. The standard InChI is InChI=1S/C25H29ClN4O4/c1-3-34-24(31)22-21(27-25(32)28-23(22)19-9-4-5-10-20(19)26)16-29-11-13-30(14-12-29)17-7-6-8-18(15-17)33-2/h4-10,15,23H,3,11-14,16H2,1-2H3,(H2,27,28,32). The van der Waals surface area contributed by atoms with Gasteiger partial charge in [0.1, 0.15) is 5.75 Å². The first kappa shape index (κ1) is 23.9. The van der Waals surface area contributed by atoms with Gasteiger partial charge in [0.25, 0.3) is 0 Å². The molecule has 1 saturated heterocycles. The molecule has 2 amide bonds. The quantitative estimate of drug-likeness (QED) is 0.586. The second-order valence-corrected chi connectivity index (χ2v) is 8.54. The van der Waals surface area contributed by atoms with Crippen molar-refractivity contribution in [2.45, 2.75) is 13.0 Å².